The van der Waals surface area contributed by atoms with Crippen LogP contribution in [-0.2, 0) is 19.1 Å². The number of carbonyl (C=O) groups is 3. The fourth-order valence-corrected chi connectivity index (χ4v) is 6.89. The summed E-state index contributed by atoms with van der Waals surface area (Å²) < 4.78 is 6.66. The van der Waals surface area contributed by atoms with Gasteiger partial charge in [0, 0.05) is 32.4 Å². The van der Waals surface area contributed by atoms with Crippen molar-refractivity contribution in [1.82, 2.24) is 9.80 Å². The summed E-state index contributed by atoms with van der Waals surface area (Å²) in [4.78, 5) is 46.6. The minimum atomic E-state index is -1.15. The highest BCUT2D eigenvalue weighted by Gasteiger charge is 2.78. The van der Waals surface area contributed by atoms with Gasteiger partial charge in [0.2, 0.25) is 11.8 Å². The van der Waals surface area contributed by atoms with Crippen LogP contribution in [0.4, 0.5) is 5.69 Å². The van der Waals surface area contributed by atoms with E-state index in [1.54, 1.807) is 29.0 Å². The molecule has 200 valence electrons. The normalized spacial score (nSPS) is 29.4. The third-order valence-corrected chi connectivity index (χ3v) is 8.52. The molecule has 3 amide bonds. The molecule has 3 aliphatic rings. The monoisotopic (exact) mass is 517 g/mol. The molecule has 0 aliphatic carbocycles. The fraction of sp³-hybridized carbons (Fsp3) is 0.433. The number of aliphatic hydroxyl groups excluding tert-OH is 1. The zero-order chi connectivity index (χ0) is 27.2. The van der Waals surface area contributed by atoms with Gasteiger partial charge in [-0.25, -0.2) is 0 Å². The molecule has 8 nitrogen and oxygen atoms in total. The summed E-state index contributed by atoms with van der Waals surface area (Å²) in [5.74, 6) is -2.34. The molecule has 3 heterocycles. The maximum atomic E-state index is 14.5. The van der Waals surface area contributed by atoms with Crippen molar-refractivity contribution >= 4 is 34.2 Å². The van der Waals surface area contributed by atoms with E-state index in [0.29, 0.717) is 25.1 Å². The van der Waals surface area contributed by atoms with Crippen LogP contribution in [0.3, 0.4) is 0 Å². The number of likely N-dealkylation sites (N-methyl/N-ethyl adjacent to an activating group) is 1. The Balaban J connectivity index is 1.58. The molecule has 38 heavy (non-hydrogen) atoms. The largest absolute Gasteiger partial charge is 0.395 e. The molecule has 2 aromatic rings. The van der Waals surface area contributed by atoms with Gasteiger partial charge >= 0.3 is 0 Å². The van der Waals surface area contributed by atoms with Crippen LogP contribution in [0.2, 0.25) is 0 Å². The molecular weight excluding hydrogens is 482 g/mol. The smallest absolute Gasteiger partial charge is 0.253 e. The molecule has 3 fully saturated rings. The second-order valence-corrected chi connectivity index (χ2v) is 10.8. The Hall–Kier alpha value is -3.49. The second-order valence-electron chi connectivity index (χ2n) is 10.8. The van der Waals surface area contributed by atoms with E-state index in [2.05, 4.69) is 13.2 Å². The van der Waals surface area contributed by atoms with Gasteiger partial charge in [-0.15, -0.1) is 13.2 Å². The van der Waals surface area contributed by atoms with Gasteiger partial charge in [-0.1, -0.05) is 42.5 Å². The Morgan fingerprint density at radius 3 is 2.50 bits per heavy atom. The zero-order valence-corrected chi connectivity index (χ0v) is 22.0. The van der Waals surface area contributed by atoms with Crippen LogP contribution in [0.15, 0.2) is 67.8 Å². The average molecular weight is 518 g/mol. The zero-order valence-electron chi connectivity index (χ0n) is 22.0. The van der Waals surface area contributed by atoms with E-state index in [-0.39, 0.29) is 37.4 Å². The highest BCUT2D eigenvalue weighted by Crippen LogP contribution is 2.63. The van der Waals surface area contributed by atoms with Crippen LogP contribution in [-0.4, -0.2) is 83.2 Å². The number of benzene rings is 2. The molecule has 2 aromatic carbocycles. The van der Waals surface area contributed by atoms with Gasteiger partial charge in [0.25, 0.3) is 5.91 Å². The molecule has 0 saturated carbocycles. The third-order valence-electron chi connectivity index (χ3n) is 8.52. The average Bonchev–Trinajstić information content (AvgIpc) is 3.47. The fourth-order valence-electron chi connectivity index (χ4n) is 6.89. The second kappa shape index (κ2) is 9.67. The number of ether oxygens (including phenoxy) is 1. The van der Waals surface area contributed by atoms with E-state index in [0.717, 1.165) is 10.8 Å². The number of hydrogen-bond donors (Lipinski definition) is 1. The Labute approximate surface area is 223 Å². The molecule has 3 aliphatic heterocycles. The number of aliphatic hydroxyl groups is 1. The number of carbonyl (C=O) groups excluding carboxylic acids is 3. The number of amides is 3. The molecule has 5 rings (SSSR count). The maximum absolute atomic E-state index is 14.5. The summed E-state index contributed by atoms with van der Waals surface area (Å²) in [6.45, 7) is 9.72. The van der Waals surface area contributed by atoms with Crippen molar-refractivity contribution < 1.29 is 24.2 Å². The lowest BCUT2D eigenvalue weighted by molar-refractivity contribution is -0.149. The van der Waals surface area contributed by atoms with Crippen LogP contribution in [0, 0.1) is 11.8 Å². The van der Waals surface area contributed by atoms with Crippen molar-refractivity contribution in [3.63, 3.8) is 0 Å². The highest BCUT2D eigenvalue weighted by molar-refractivity contribution is 6.06. The Bertz CT molecular complexity index is 1310. The molecule has 1 spiro atoms. The molecule has 0 aromatic heterocycles. The minimum absolute atomic E-state index is 0.0172. The summed E-state index contributed by atoms with van der Waals surface area (Å²) in [5, 5.41) is 11.9. The number of likely N-dealkylation sites (tertiary alicyclic amines) is 1. The van der Waals surface area contributed by atoms with Gasteiger partial charge < -0.3 is 24.5 Å². The first kappa shape index (κ1) is 26.1. The van der Waals surface area contributed by atoms with E-state index in [1.807, 2.05) is 49.4 Å². The molecule has 5 atom stereocenters. The molecule has 3 saturated heterocycles. The van der Waals surface area contributed by atoms with E-state index < -0.39 is 29.1 Å². The minimum Gasteiger partial charge on any atom is -0.395 e. The summed E-state index contributed by atoms with van der Waals surface area (Å²) in [6, 6.07) is 12.7. The summed E-state index contributed by atoms with van der Waals surface area (Å²) >= 11 is 0. The van der Waals surface area contributed by atoms with Crippen LogP contribution in [0.5, 0.6) is 0 Å². The first-order valence-electron chi connectivity index (χ1n) is 13.1. The van der Waals surface area contributed by atoms with Crippen molar-refractivity contribution in [2.24, 2.45) is 11.8 Å². The van der Waals surface area contributed by atoms with E-state index in [9.17, 15) is 19.5 Å². The third kappa shape index (κ3) is 3.77. The number of hydrogen-bond acceptors (Lipinski definition) is 5. The topological polar surface area (TPSA) is 90.4 Å². The number of β-amino-alcohol motifs (C(OH)–C–C–N with tert-alkyl or cyclic N) is 1. The number of fused-ring (bicyclic) bond motifs is 2. The van der Waals surface area contributed by atoms with Crippen LogP contribution in [0.25, 0.3) is 10.8 Å². The Kier molecular flexibility index (Phi) is 6.65. The van der Waals surface area contributed by atoms with Gasteiger partial charge in [0.15, 0.2) is 0 Å². The molecular formula is C30H35N3O5. The van der Waals surface area contributed by atoms with Crippen molar-refractivity contribution in [2.45, 2.75) is 37.0 Å². The SMILES string of the molecule is C=CCN(C)C(=O)[C@H]1[C@H]2C(=O)N(CCO)C(C(=O)N(CC=C)c3ccc4ccccc4c3)C23CC[C@]1(C)O3. The van der Waals surface area contributed by atoms with Crippen LogP contribution >= 0.6 is 0 Å². The van der Waals surface area contributed by atoms with Crippen molar-refractivity contribution in [1.29, 1.82) is 0 Å². The molecule has 2 bridgehead atoms. The van der Waals surface area contributed by atoms with Crippen LogP contribution in [0.1, 0.15) is 19.8 Å². The first-order valence-corrected chi connectivity index (χ1v) is 13.1. The first-order chi connectivity index (χ1) is 18.2. The van der Waals surface area contributed by atoms with Gasteiger partial charge in [-0.05, 0) is 42.7 Å². The molecule has 0 radical (unpaired) electrons. The Morgan fingerprint density at radius 2 is 1.82 bits per heavy atom. The lowest BCUT2D eigenvalue weighted by Crippen LogP contribution is -2.57. The standard InChI is InChI=1S/C30H35N3O5/c1-5-15-31(4)26(35)23-24-27(36)33(17-18-34)25(30(24)14-13-29(23,3)38-30)28(37)32(16-6-2)22-12-11-20-9-7-8-10-21(20)19-22/h5-12,19,23-25,34H,1-2,13-18H2,3-4H3/t23-,24+,25?,29+,30?/m1/s1. The van der Waals surface area contributed by atoms with E-state index >= 15 is 0 Å². The van der Waals surface area contributed by atoms with E-state index in [4.69, 9.17) is 4.74 Å². The molecule has 8 heteroatoms. The van der Waals surface area contributed by atoms with Gasteiger partial charge in [0.1, 0.15) is 11.6 Å². The predicted octanol–water partition coefficient (Wildman–Crippen LogP) is 2.76. The highest BCUT2D eigenvalue weighted by atomic mass is 16.5. The van der Waals surface area contributed by atoms with Gasteiger partial charge in [-0.2, -0.15) is 0 Å². The molecule has 2 unspecified atom stereocenters. The predicted molar refractivity (Wildman–Crippen MR) is 145 cm³/mol. The lowest BCUT2D eigenvalue weighted by Gasteiger charge is -2.36. The number of anilines is 1. The molecule has 1 N–H and O–H groups in total. The number of rotatable bonds is 9. The summed E-state index contributed by atoms with van der Waals surface area (Å²) in [5.41, 5.74) is -1.32. The number of nitrogens with zero attached hydrogens (tertiary/aromatic N) is 3. The van der Waals surface area contributed by atoms with Gasteiger partial charge in [0.05, 0.1) is 24.0 Å². The Morgan fingerprint density at radius 1 is 1.11 bits per heavy atom. The van der Waals surface area contributed by atoms with Crippen LogP contribution < -0.4 is 4.90 Å². The van der Waals surface area contributed by atoms with E-state index in [1.165, 1.54) is 4.90 Å². The lowest BCUT2D eigenvalue weighted by atomic mass is 9.66. The van der Waals surface area contributed by atoms with Crippen molar-refractivity contribution in [2.75, 3.05) is 38.2 Å². The quantitative estimate of drug-likeness (QED) is 0.517. The van der Waals surface area contributed by atoms with Crippen molar-refractivity contribution in [3.8, 4) is 0 Å². The maximum Gasteiger partial charge on any atom is 0.253 e. The summed E-state index contributed by atoms with van der Waals surface area (Å²) in [6.07, 6.45) is 4.33. The van der Waals surface area contributed by atoms with Gasteiger partial charge in [-0.3, -0.25) is 14.4 Å². The summed E-state index contributed by atoms with van der Waals surface area (Å²) in [7, 11) is 1.69. The van der Waals surface area contributed by atoms with Crippen molar-refractivity contribution in [3.05, 3.63) is 67.8 Å².